The molecular formula is C18H14BrCl2N3O2. The van der Waals surface area contributed by atoms with Crippen LogP contribution in [0.5, 0.6) is 0 Å². The maximum absolute atomic E-state index is 12.3. The summed E-state index contributed by atoms with van der Waals surface area (Å²) in [5, 5.41) is 4.88. The van der Waals surface area contributed by atoms with Gasteiger partial charge in [0.05, 0.1) is 17.2 Å². The Kier molecular flexibility index (Phi) is 5.96. The van der Waals surface area contributed by atoms with Crippen molar-refractivity contribution in [2.24, 2.45) is 11.0 Å². The minimum atomic E-state index is -0.455. The molecule has 1 heterocycles. The molecule has 1 saturated heterocycles. The van der Waals surface area contributed by atoms with Crippen molar-refractivity contribution in [1.29, 1.82) is 0 Å². The first-order chi connectivity index (χ1) is 12.4. The highest BCUT2D eigenvalue weighted by Gasteiger charge is 2.35. The van der Waals surface area contributed by atoms with Crippen LogP contribution in [0.25, 0.3) is 0 Å². The van der Waals surface area contributed by atoms with E-state index in [9.17, 15) is 9.59 Å². The van der Waals surface area contributed by atoms with Gasteiger partial charge in [0.25, 0.3) is 0 Å². The van der Waals surface area contributed by atoms with Gasteiger partial charge in [-0.2, -0.15) is 5.10 Å². The van der Waals surface area contributed by atoms with E-state index in [0.717, 1.165) is 10.2 Å². The number of rotatable bonds is 4. The molecule has 0 radical (unpaired) electrons. The average Bonchev–Trinajstić information content (AvgIpc) is 2.99. The molecule has 1 fully saturated rings. The van der Waals surface area contributed by atoms with Gasteiger partial charge >= 0.3 is 0 Å². The molecule has 0 saturated carbocycles. The number of nitrogens with zero attached hydrogens (tertiary/aromatic N) is 2. The van der Waals surface area contributed by atoms with Crippen LogP contribution in [0.4, 0.5) is 5.69 Å². The molecule has 3 rings (SSSR count). The number of carbonyl (C=O) groups is 2. The summed E-state index contributed by atoms with van der Waals surface area (Å²) in [4.78, 5) is 26.1. The Labute approximate surface area is 169 Å². The van der Waals surface area contributed by atoms with E-state index in [1.165, 1.54) is 6.21 Å². The fourth-order valence-electron chi connectivity index (χ4n) is 2.62. The van der Waals surface area contributed by atoms with Crippen molar-refractivity contribution < 1.29 is 9.59 Å². The lowest BCUT2D eigenvalue weighted by Crippen LogP contribution is -2.30. The normalized spacial score (nSPS) is 17.1. The second-order valence-electron chi connectivity index (χ2n) is 5.78. The van der Waals surface area contributed by atoms with Crippen molar-refractivity contribution in [1.82, 2.24) is 5.43 Å². The third kappa shape index (κ3) is 4.44. The summed E-state index contributed by atoms with van der Waals surface area (Å²) in [6, 6.07) is 12.4. The molecule has 0 spiro atoms. The summed E-state index contributed by atoms with van der Waals surface area (Å²) in [6.45, 7) is 0.323. The second-order valence-corrected chi connectivity index (χ2v) is 7.54. The minimum absolute atomic E-state index is 0.0859. The van der Waals surface area contributed by atoms with E-state index >= 15 is 0 Å². The molecule has 1 N–H and O–H groups in total. The van der Waals surface area contributed by atoms with Crippen molar-refractivity contribution in [2.75, 3.05) is 11.4 Å². The molecule has 0 aliphatic carbocycles. The standard InChI is InChI=1S/C18H14BrCl2N3O2/c19-13-2-5-15(6-3-13)24-10-12(7-17(24)25)18(26)23-22-9-11-1-4-14(20)8-16(11)21/h1-6,8-9,12H,7,10H2,(H,23,26)/b22-9-/t12-/m0/s1. The van der Waals surface area contributed by atoms with E-state index < -0.39 is 5.92 Å². The van der Waals surface area contributed by atoms with Crippen LogP contribution in [0.3, 0.4) is 0 Å². The van der Waals surface area contributed by atoms with E-state index in [0.29, 0.717) is 22.2 Å². The quantitative estimate of drug-likeness (QED) is 0.554. The number of hydrogen-bond acceptors (Lipinski definition) is 3. The lowest BCUT2D eigenvalue weighted by molar-refractivity contribution is -0.126. The van der Waals surface area contributed by atoms with E-state index in [1.807, 2.05) is 24.3 Å². The molecule has 0 unspecified atom stereocenters. The fraction of sp³-hybridized carbons (Fsp3) is 0.167. The van der Waals surface area contributed by atoms with Crippen molar-refractivity contribution in [3.8, 4) is 0 Å². The third-order valence-electron chi connectivity index (χ3n) is 3.98. The van der Waals surface area contributed by atoms with Crippen LogP contribution >= 0.6 is 39.1 Å². The lowest BCUT2D eigenvalue weighted by Gasteiger charge is -2.16. The second kappa shape index (κ2) is 8.20. The molecule has 134 valence electrons. The molecule has 0 aromatic heterocycles. The first-order valence-electron chi connectivity index (χ1n) is 7.78. The molecule has 8 heteroatoms. The van der Waals surface area contributed by atoms with Gasteiger partial charge in [-0.1, -0.05) is 45.2 Å². The summed E-state index contributed by atoms with van der Waals surface area (Å²) in [5.41, 5.74) is 3.87. The summed E-state index contributed by atoms with van der Waals surface area (Å²) >= 11 is 15.2. The average molecular weight is 455 g/mol. The Morgan fingerprint density at radius 2 is 1.96 bits per heavy atom. The van der Waals surface area contributed by atoms with Gasteiger partial charge in [-0.25, -0.2) is 5.43 Å². The predicted octanol–water partition coefficient (Wildman–Crippen LogP) is 4.26. The molecule has 2 aromatic carbocycles. The molecule has 2 aromatic rings. The summed E-state index contributed by atoms with van der Waals surface area (Å²) in [6.07, 6.45) is 1.60. The van der Waals surface area contributed by atoms with Crippen molar-refractivity contribution in [3.63, 3.8) is 0 Å². The SMILES string of the molecule is O=C(N/N=C\c1ccc(Cl)cc1Cl)[C@H]1CC(=O)N(c2ccc(Br)cc2)C1. The van der Waals surface area contributed by atoms with Crippen LogP contribution in [0.1, 0.15) is 12.0 Å². The van der Waals surface area contributed by atoms with Crippen molar-refractivity contribution >= 4 is 62.8 Å². The number of nitrogens with one attached hydrogen (secondary N) is 1. The third-order valence-corrected chi connectivity index (χ3v) is 5.07. The number of anilines is 1. The summed E-state index contributed by atoms with van der Waals surface area (Å²) in [5.74, 6) is -0.847. The van der Waals surface area contributed by atoms with Crippen LogP contribution < -0.4 is 10.3 Å². The highest BCUT2D eigenvalue weighted by Crippen LogP contribution is 2.26. The predicted molar refractivity (Wildman–Crippen MR) is 107 cm³/mol. The Balaban J connectivity index is 1.61. The zero-order chi connectivity index (χ0) is 18.7. The van der Waals surface area contributed by atoms with Gasteiger partial charge in [-0.3, -0.25) is 9.59 Å². The maximum atomic E-state index is 12.3. The Morgan fingerprint density at radius 1 is 1.23 bits per heavy atom. The van der Waals surface area contributed by atoms with Crippen molar-refractivity contribution in [3.05, 3.63) is 62.5 Å². The first kappa shape index (κ1) is 18.9. The molecule has 1 aliphatic heterocycles. The number of hydrogen-bond donors (Lipinski definition) is 1. The van der Waals surface area contributed by atoms with E-state index in [2.05, 4.69) is 26.5 Å². The monoisotopic (exact) mass is 453 g/mol. The molecule has 26 heavy (non-hydrogen) atoms. The Bertz CT molecular complexity index is 871. The first-order valence-corrected chi connectivity index (χ1v) is 9.33. The zero-order valence-corrected chi connectivity index (χ0v) is 16.6. The van der Waals surface area contributed by atoms with E-state index in [4.69, 9.17) is 23.2 Å². The Hall–Kier alpha value is -1.89. The van der Waals surface area contributed by atoms with E-state index in [1.54, 1.807) is 23.1 Å². The number of carbonyl (C=O) groups excluding carboxylic acids is 2. The van der Waals surface area contributed by atoms with Gasteiger partial charge in [0.2, 0.25) is 11.8 Å². The number of amides is 2. The molecule has 2 amide bonds. The van der Waals surface area contributed by atoms with Crippen LogP contribution in [0, 0.1) is 5.92 Å². The topological polar surface area (TPSA) is 61.8 Å². The van der Waals surface area contributed by atoms with Gasteiger partial charge in [0.15, 0.2) is 0 Å². The molecule has 1 atom stereocenters. The van der Waals surface area contributed by atoms with Crippen LogP contribution in [0.2, 0.25) is 10.0 Å². The summed E-state index contributed by atoms with van der Waals surface area (Å²) < 4.78 is 0.928. The van der Waals surface area contributed by atoms with Gasteiger partial charge in [0, 0.05) is 33.7 Å². The van der Waals surface area contributed by atoms with E-state index in [-0.39, 0.29) is 18.2 Å². The van der Waals surface area contributed by atoms with Gasteiger partial charge in [-0.05, 0) is 36.4 Å². The number of hydrazone groups is 1. The lowest BCUT2D eigenvalue weighted by atomic mass is 10.1. The van der Waals surface area contributed by atoms with Gasteiger partial charge in [-0.15, -0.1) is 0 Å². The van der Waals surface area contributed by atoms with Gasteiger partial charge < -0.3 is 4.90 Å². The number of benzene rings is 2. The highest BCUT2D eigenvalue weighted by molar-refractivity contribution is 9.10. The minimum Gasteiger partial charge on any atom is -0.312 e. The molecule has 1 aliphatic rings. The largest absolute Gasteiger partial charge is 0.312 e. The van der Waals surface area contributed by atoms with Gasteiger partial charge in [0.1, 0.15) is 0 Å². The zero-order valence-electron chi connectivity index (χ0n) is 13.5. The smallest absolute Gasteiger partial charge is 0.245 e. The Morgan fingerprint density at radius 3 is 2.65 bits per heavy atom. The van der Waals surface area contributed by atoms with Crippen LogP contribution in [-0.4, -0.2) is 24.6 Å². The molecular weight excluding hydrogens is 441 g/mol. The van der Waals surface area contributed by atoms with Crippen molar-refractivity contribution in [2.45, 2.75) is 6.42 Å². The summed E-state index contributed by atoms with van der Waals surface area (Å²) in [7, 11) is 0. The maximum Gasteiger partial charge on any atom is 0.245 e. The molecule has 5 nitrogen and oxygen atoms in total. The number of halogens is 3. The van der Waals surface area contributed by atoms with Crippen LogP contribution in [-0.2, 0) is 9.59 Å². The van der Waals surface area contributed by atoms with Crippen LogP contribution in [0.15, 0.2) is 52.0 Å². The fourth-order valence-corrected chi connectivity index (χ4v) is 3.34. The molecule has 0 bridgehead atoms. The highest BCUT2D eigenvalue weighted by atomic mass is 79.9.